The summed E-state index contributed by atoms with van der Waals surface area (Å²) in [6, 6.07) is 0. The largest absolute Gasteiger partial charge is 0.316 e. The first-order valence-corrected chi connectivity index (χ1v) is 6.32. The molecule has 1 rings (SSSR count). The summed E-state index contributed by atoms with van der Waals surface area (Å²) < 4.78 is 0. The van der Waals surface area contributed by atoms with Gasteiger partial charge in [-0.25, -0.2) is 0 Å². The van der Waals surface area contributed by atoms with Gasteiger partial charge in [0.2, 0.25) is 0 Å². The van der Waals surface area contributed by atoms with Crippen molar-refractivity contribution in [2.45, 2.75) is 38.5 Å². The summed E-state index contributed by atoms with van der Waals surface area (Å²) in [7, 11) is 0. The molecule has 1 N–H and O–H groups in total. The molecule has 2 heteroatoms. The van der Waals surface area contributed by atoms with Crippen LogP contribution >= 0.6 is 15.9 Å². The first-order chi connectivity index (χ1) is 5.93. The smallest absolute Gasteiger partial charge is 0.00313 e. The summed E-state index contributed by atoms with van der Waals surface area (Å²) in [6.07, 6.45) is 8.44. The van der Waals surface area contributed by atoms with Gasteiger partial charge in [0, 0.05) is 5.33 Å². The Morgan fingerprint density at radius 3 is 2.58 bits per heavy atom. The van der Waals surface area contributed by atoms with Crippen LogP contribution in [0.1, 0.15) is 38.5 Å². The average Bonchev–Trinajstić information content (AvgIpc) is 2.00. The lowest BCUT2D eigenvalue weighted by atomic mass is 9.85. The number of halogens is 1. The number of hydrogen-bond acceptors (Lipinski definition) is 1. The zero-order valence-electron chi connectivity index (χ0n) is 7.82. The molecule has 0 heterocycles. The van der Waals surface area contributed by atoms with E-state index >= 15 is 0 Å². The van der Waals surface area contributed by atoms with Crippen LogP contribution in [0, 0.1) is 5.92 Å². The summed E-state index contributed by atoms with van der Waals surface area (Å²) in [5.74, 6) is 1.01. The van der Waals surface area contributed by atoms with Crippen molar-refractivity contribution < 1.29 is 0 Å². The van der Waals surface area contributed by atoms with Crippen molar-refractivity contribution in [1.82, 2.24) is 5.32 Å². The normalized spacial score (nSPS) is 17.8. The van der Waals surface area contributed by atoms with Crippen LogP contribution in [0.15, 0.2) is 0 Å². The first kappa shape index (κ1) is 10.5. The number of unbranched alkanes of at least 4 members (excludes halogenated alkanes) is 2. The van der Waals surface area contributed by atoms with Crippen molar-refractivity contribution in [3.05, 3.63) is 0 Å². The van der Waals surface area contributed by atoms with Gasteiger partial charge in [0.1, 0.15) is 0 Å². The Kier molecular flexibility index (Phi) is 6.05. The molecule has 1 aliphatic carbocycles. The molecular formula is C10H20BrN. The third-order valence-electron chi connectivity index (χ3n) is 2.64. The van der Waals surface area contributed by atoms with Gasteiger partial charge in [-0.1, -0.05) is 28.8 Å². The standard InChI is InChI=1S/C10H20BrN/c11-7-2-1-3-8-12-9-10-5-4-6-10/h10,12H,1-9H2. The third kappa shape index (κ3) is 4.46. The van der Waals surface area contributed by atoms with Crippen LogP contribution < -0.4 is 5.32 Å². The molecule has 1 nitrogen and oxygen atoms in total. The summed E-state index contributed by atoms with van der Waals surface area (Å²) >= 11 is 3.44. The van der Waals surface area contributed by atoms with Crippen LogP contribution in [-0.4, -0.2) is 18.4 Å². The highest BCUT2D eigenvalue weighted by Crippen LogP contribution is 2.24. The predicted molar refractivity (Wildman–Crippen MR) is 57.9 cm³/mol. The van der Waals surface area contributed by atoms with Crippen molar-refractivity contribution in [3.63, 3.8) is 0 Å². The Morgan fingerprint density at radius 2 is 2.00 bits per heavy atom. The van der Waals surface area contributed by atoms with E-state index in [9.17, 15) is 0 Å². The van der Waals surface area contributed by atoms with E-state index in [1.54, 1.807) is 0 Å². The van der Waals surface area contributed by atoms with Crippen LogP contribution in [0.25, 0.3) is 0 Å². The minimum Gasteiger partial charge on any atom is -0.316 e. The van der Waals surface area contributed by atoms with E-state index in [1.807, 2.05) is 0 Å². The Labute approximate surface area is 84.4 Å². The van der Waals surface area contributed by atoms with Crippen molar-refractivity contribution >= 4 is 15.9 Å². The van der Waals surface area contributed by atoms with Crippen LogP contribution in [0.4, 0.5) is 0 Å². The molecular weight excluding hydrogens is 214 g/mol. The maximum atomic E-state index is 3.53. The lowest BCUT2D eigenvalue weighted by molar-refractivity contribution is 0.301. The Morgan fingerprint density at radius 1 is 1.17 bits per heavy atom. The number of nitrogens with one attached hydrogen (secondary N) is 1. The van der Waals surface area contributed by atoms with E-state index in [0.717, 1.165) is 11.2 Å². The Bertz CT molecular complexity index is 102. The van der Waals surface area contributed by atoms with Crippen LogP contribution in [0.3, 0.4) is 0 Å². The highest BCUT2D eigenvalue weighted by atomic mass is 79.9. The molecule has 1 saturated carbocycles. The van der Waals surface area contributed by atoms with E-state index in [0.29, 0.717) is 0 Å². The molecule has 1 aliphatic rings. The van der Waals surface area contributed by atoms with Gasteiger partial charge in [-0.05, 0) is 44.7 Å². The molecule has 0 aliphatic heterocycles. The molecule has 0 amide bonds. The van der Waals surface area contributed by atoms with Crippen molar-refractivity contribution in [2.24, 2.45) is 5.92 Å². The predicted octanol–water partition coefficient (Wildman–Crippen LogP) is 2.94. The Hall–Kier alpha value is 0.440. The molecule has 0 unspecified atom stereocenters. The van der Waals surface area contributed by atoms with E-state index in [2.05, 4.69) is 21.2 Å². The van der Waals surface area contributed by atoms with E-state index < -0.39 is 0 Å². The van der Waals surface area contributed by atoms with Crippen molar-refractivity contribution in [3.8, 4) is 0 Å². The summed E-state index contributed by atoms with van der Waals surface area (Å²) in [5.41, 5.74) is 0. The number of alkyl halides is 1. The Balaban J connectivity index is 1.70. The molecule has 1 fully saturated rings. The second-order valence-corrected chi connectivity index (χ2v) is 4.54. The highest BCUT2D eigenvalue weighted by molar-refractivity contribution is 9.09. The van der Waals surface area contributed by atoms with E-state index in [-0.39, 0.29) is 0 Å². The topological polar surface area (TPSA) is 12.0 Å². The highest BCUT2D eigenvalue weighted by Gasteiger charge is 2.15. The minimum absolute atomic E-state index is 1.01. The van der Waals surface area contributed by atoms with Gasteiger partial charge >= 0.3 is 0 Å². The SMILES string of the molecule is BrCCCCCNCC1CCC1. The van der Waals surface area contributed by atoms with Crippen LogP contribution in [-0.2, 0) is 0 Å². The van der Waals surface area contributed by atoms with Crippen LogP contribution in [0.2, 0.25) is 0 Å². The number of rotatable bonds is 7. The lowest BCUT2D eigenvalue weighted by Gasteiger charge is -2.25. The zero-order valence-corrected chi connectivity index (χ0v) is 9.41. The average molecular weight is 234 g/mol. The van der Waals surface area contributed by atoms with Crippen LogP contribution in [0.5, 0.6) is 0 Å². The molecule has 0 saturated heterocycles. The second kappa shape index (κ2) is 6.90. The molecule has 0 spiro atoms. The van der Waals surface area contributed by atoms with Gasteiger partial charge in [0.25, 0.3) is 0 Å². The minimum atomic E-state index is 1.01. The fraction of sp³-hybridized carbons (Fsp3) is 1.00. The molecule has 72 valence electrons. The maximum Gasteiger partial charge on any atom is 0.00313 e. The quantitative estimate of drug-likeness (QED) is 0.527. The van der Waals surface area contributed by atoms with Gasteiger partial charge in [-0.15, -0.1) is 0 Å². The maximum absolute atomic E-state index is 3.53. The number of hydrogen-bond donors (Lipinski definition) is 1. The molecule has 12 heavy (non-hydrogen) atoms. The summed E-state index contributed by atoms with van der Waals surface area (Å²) in [5, 5.41) is 4.69. The van der Waals surface area contributed by atoms with E-state index in [4.69, 9.17) is 0 Å². The molecule has 0 bridgehead atoms. The molecule has 0 aromatic rings. The zero-order chi connectivity index (χ0) is 8.65. The first-order valence-electron chi connectivity index (χ1n) is 5.20. The monoisotopic (exact) mass is 233 g/mol. The molecule has 0 aromatic heterocycles. The molecule has 0 radical (unpaired) electrons. The second-order valence-electron chi connectivity index (χ2n) is 3.75. The molecule has 0 aromatic carbocycles. The summed E-state index contributed by atoms with van der Waals surface area (Å²) in [4.78, 5) is 0. The van der Waals surface area contributed by atoms with Crippen molar-refractivity contribution in [1.29, 1.82) is 0 Å². The fourth-order valence-electron chi connectivity index (χ4n) is 1.52. The molecule has 0 atom stereocenters. The third-order valence-corrected chi connectivity index (χ3v) is 3.21. The van der Waals surface area contributed by atoms with Gasteiger partial charge < -0.3 is 5.32 Å². The lowest BCUT2D eigenvalue weighted by Crippen LogP contribution is -2.27. The fourth-order valence-corrected chi connectivity index (χ4v) is 1.92. The van der Waals surface area contributed by atoms with Gasteiger partial charge in [-0.2, -0.15) is 0 Å². The van der Waals surface area contributed by atoms with Crippen molar-refractivity contribution in [2.75, 3.05) is 18.4 Å². The van der Waals surface area contributed by atoms with Gasteiger partial charge in [0.15, 0.2) is 0 Å². The van der Waals surface area contributed by atoms with E-state index in [1.165, 1.54) is 51.6 Å². The van der Waals surface area contributed by atoms with Gasteiger partial charge in [-0.3, -0.25) is 0 Å². The summed E-state index contributed by atoms with van der Waals surface area (Å²) in [6.45, 7) is 2.50. The van der Waals surface area contributed by atoms with Gasteiger partial charge in [0.05, 0.1) is 0 Å².